The molecule has 65 heavy (non-hydrogen) atoms. The molecule has 0 radical (unpaired) electrons. The minimum atomic E-state index is -5.08. The van der Waals surface area contributed by atoms with Crippen LogP contribution < -0.4 is 16.1 Å². The molecule has 0 fully saturated rings. The van der Waals surface area contributed by atoms with E-state index < -0.39 is 35.0 Å². The second-order valence-corrected chi connectivity index (χ2v) is 16.1. The number of hydrogen-bond acceptors (Lipinski definition) is 13. The summed E-state index contributed by atoms with van der Waals surface area (Å²) in [5, 5.41) is 26.4. The SMILES string of the molecule is CN1Cc2cc(C(=O)N(CCCCCCNC(=O)c3ccc(N/N=C/c4ccccc4S(O)(O)O)nc3)Cc3nc4ccccc4[nH]3)ccc2N[C@H](CC(=O)O)C1=O.O=C(O)C(F)(F)F. The largest absolute Gasteiger partial charge is 0.490 e. The first-order valence-electron chi connectivity index (χ1n) is 19.8. The van der Waals surface area contributed by atoms with Gasteiger partial charge in [-0.3, -0.25) is 24.6 Å². The third kappa shape index (κ3) is 14.2. The topological polar surface area (TPSA) is 283 Å². The predicted octanol–water partition coefficient (Wildman–Crippen LogP) is 6.48. The van der Waals surface area contributed by atoms with Crippen LogP contribution in [0.3, 0.4) is 0 Å². The number of pyridine rings is 1. The van der Waals surface area contributed by atoms with E-state index in [0.717, 1.165) is 30.3 Å². The Morgan fingerprint density at radius 2 is 1.65 bits per heavy atom. The Balaban J connectivity index is 0.00000105. The summed E-state index contributed by atoms with van der Waals surface area (Å²) in [6, 6.07) is 21.2. The van der Waals surface area contributed by atoms with Gasteiger partial charge in [0.1, 0.15) is 28.6 Å². The molecule has 3 aromatic carbocycles. The first-order chi connectivity index (χ1) is 30.8. The number of nitrogens with zero attached hydrogens (tertiary/aromatic N) is 5. The fourth-order valence-electron chi connectivity index (χ4n) is 6.54. The van der Waals surface area contributed by atoms with E-state index in [9.17, 15) is 51.1 Å². The lowest BCUT2D eigenvalue weighted by Gasteiger charge is -2.23. The fraction of sp³-hybridized carbons (Fsp3) is 0.286. The number of alkyl halides is 3. The number of fused-ring (bicyclic) bond motifs is 2. The van der Waals surface area contributed by atoms with E-state index in [1.54, 1.807) is 60.5 Å². The first-order valence-corrected chi connectivity index (χ1v) is 21.3. The van der Waals surface area contributed by atoms with Crippen molar-refractivity contribution < 1.29 is 61.0 Å². The molecular formula is C42H46F3N9O10S. The van der Waals surface area contributed by atoms with Gasteiger partial charge in [0, 0.05) is 49.7 Å². The number of carboxylic acids is 2. The third-order valence-electron chi connectivity index (χ3n) is 9.71. The molecule has 3 amide bonds. The number of carbonyl (C=O) groups excluding carboxylic acids is 3. The molecule has 3 heterocycles. The molecule has 0 bridgehead atoms. The summed E-state index contributed by atoms with van der Waals surface area (Å²) in [6.07, 6.45) is 0.312. The zero-order chi connectivity index (χ0) is 47.3. The van der Waals surface area contributed by atoms with Crippen LogP contribution in [0.2, 0.25) is 0 Å². The standard InChI is InChI=1S/C40H45N9O8S.C2HF3O2/c1-48-24-29-20-26(14-16-30(29)44-33(40(48)54)21-37(50)51)39(53)49(25-36-45-31-11-5-6-12-32(31)46-36)19-9-3-2-8-18-41-38(52)28-15-17-35(42-22-28)47-43-23-27-10-4-7-13-34(27)58(55,56)57;3-2(4,5)1(6)7/h4-7,10-17,20,22-23,33,44,55-57H,2-3,8-9,18-19,21,24-25H2,1H3,(H,41,52)(H,42,47)(H,45,46)(H,50,51);(H,6,7)/b43-23+;/t33-;/m1./s1. The lowest BCUT2D eigenvalue weighted by Crippen LogP contribution is -2.39. The van der Waals surface area contributed by atoms with Crippen molar-refractivity contribution in [2.45, 2.75) is 62.3 Å². The molecule has 0 spiro atoms. The Morgan fingerprint density at radius 3 is 2.32 bits per heavy atom. The number of benzene rings is 3. The quantitative estimate of drug-likeness (QED) is 0.0274. The van der Waals surface area contributed by atoms with Crippen LogP contribution in [0.1, 0.15) is 69.8 Å². The average molecular weight is 926 g/mol. The number of halogens is 3. The van der Waals surface area contributed by atoms with Crippen LogP contribution in [-0.4, -0.2) is 117 Å². The van der Waals surface area contributed by atoms with Crippen LogP contribution in [0.4, 0.5) is 24.7 Å². The Kier molecular flexibility index (Phi) is 16.6. The number of unbranched alkanes of at least 4 members (excludes halogenated alkanes) is 3. The zero-order valence-corrected chi connectivity index (χ0v) is 35.5. The molecule has 1 atom stereocenters. The number of aliphatic carboxylic acids is 2. The Morgan fingerprint density at radius 1 is 0.954 bits per heavy atom. The molecule has 19 nitrogen and oxygen atoms in total. The van der Waals surface area contributed by atoms with Crippen molar-refractivity contribution in [3.8, 4) is 0 Å². The first kappa shape index (κ1) is 48.9. The van der Waals surface area contributed by atoms with Crippen molar-refractivity contribution >= 4 is 69.3 Å². The molecule has 346 valence electrons. The summed E-state index contributed by atoms with van der Waals surface area (Å²) < 4.78 is 60.6. The van der Waals surface area contributed by atoms with E-state index in [2.05, 4.69) is 36.1 Å². The van der Waals surface area contributed by atoms with Crippen LogP contribution >= 0.6 is 10.9 Å². The molecule has 6 rings (SSSR count). The molecule has 0 unspecified atom stereocenters. The Hall–Kier alpha value is -7.08. The molecule has 9 N–H and O–H groups in total. The van der Waals surface area contributed by atoms with Crippen molar-refractivity contribution in [3.05, 3.63) is 113 Å². The van der Waals surface area contributed by atoms with Gasteiger partial charge < -0.3 is 49.3 Å². The molecule has 0 saturated carbocycles. The van der Waals surface area contributed by atoms with Crippen LogP contribution in [0, 0.1) is 0 Å². The summed E-state index contributed by atoms with van der Waals surface area (Å²) in [5.74, 6) is -3.67. The monoisotopic (exact) mass is 925 g/mol. The maximum absolute atomic E-state index is 14.1. The number of carbonyl (C=O) groups is 5. The number of para-hydroxylation sites is 2. The number of aromatic amines is 1. The number of H-pyrrole nitrogens is 1. The van der Waals surface area contributed by atoms with Crippen molar-refractivity contribution in [2.24, 2.45) is 5.10 Å². The van der Waals surface area contributed by atoms with Crippen molar-refractivity contribution in [3.63, 3.8) is 0 Å². The molecule has 23 heteroatoms. The van der Waals surface area contributed by atoms with E-state index in [1.807, 2.05) is 24.3 Å². The maximum Gasteiger partial charge on any atom is 0.490 e. The van der Waals surface area contributed by atoms with Crippen molar-refractivity contribution in [1.29, 1.82) is 0 Å². The van der Waals surface area contributed by atoms with Crippen LogP contribution in [0.25, 0.3) is 11.0 Å². The molecular weight excluding hydrogens is 880 g/mol. The van der Waals surface area contributed by atoms with Gasteiger partial charge in [0.15, 0.2) is 0 Å². The van der Waals surface area contributed by atoms with Crippen molar-refractivity contribution in [2.75, 3.05) is 30.9 Å². The fourth-order valence-corrected chi connectivity index (χ4v) is 7.24. The van der Waals surface area contributed by atoms with Gasteiger partial charge in [-0.15, -0.1) is 0 Å². The number of nitrogens with one attached hydrogen (secondary N) is 4. The Bertz CT molecular complexity index is 2480. The number of hydrazone groups is 1. The summed E-state index contributed by atoms with van der Waals surface area (Å²) >= 11 is 0. The minimum Gasteiger partial charge on any atom is -0.481 e. The van der Waals surface area contributed by atoms with E-state index in [4.69, 9.17) is 9.90 Å². The molecule has 2 aromatic heterocycles. The van der Waals surface area contributed by atoms with Gasteiger partial charge in [0.2, 0.25) is 5.91 Å². The minimum absolute atomic E-state index is 0.0578. The second kappa shape index (κ2) is 22.0. The number of aromatic nitrogens is 3. The van der Waals surface area contributed by atoms with Crippen LogP contribution in [-0.2, 0) is 27.5 Å². The number of imidazole rings is 1. The van der Waals surface area contributed by atoms with E-state index in [0.29, 0.717) is 59.1 Å². The average Bonchev–Trinajstić information content (AvgIpc) is 3.63. The highest BCUT2D eigenvalue weighted by atomic mass is 32.3. The van der Waals surface area contributed by atoms with Crippen LogP contribution in [0.15, 0.2) is 95.1 Å². The highest BCUT2D eigenvalue weighted by molar-refractivity contribution is 8.19. The molecule has 0 saturated heterocycles. The highest BCUT2D eigenvalue weighted by Crippen LogP contribution is 2.44. The van der Waals surface area contributed by atoms with Gasteiger partial charge in [-0.25, -0.2) is 14.8 Å². The molecule has 5 aromatic rings. The van der Waals surface area contributed by atoms with Gasteiger partial charge in [-0.2, -0.15) is 18.3 Å². The van der Waals surface area contributed by atoms with Gasteiger partial charge in [0.05, 0.1) is 40.7 Å². The van der Waals surface area contributed by atoms with E-state index in [-0.39, 0.29) is 42.1 Å². The highest BCUT2D eigenvalue weighted by Gasteiger charge is 2.38. The number of likely N-dealkylation sites (N-methyl/N-ethyl adjacent to an activating group) is 1. The number of rotatable bonds is 17. The summed E-state index contributed by atoms with van der Waals surface area (Å²) in [6.45, 7) is 1.36. The maximum atomic E-state index is 14.1. The smallest absolute Gasteiger partial charge is 0.481 e. The van der Waals surface area contributed by atoms with E-state index in [1.165, 1.54) is 23.4 Å². The predicted molar refractivity (Wildman–Crippen MR) is 234 cm³/mol. The number of amides is 3. The molecule has 1 aliphatic rings. The van der Waals surface area contributed by atoms with Crippen LogP contribution in [0.5, 0.6) is 0 Å². The normalized spacial score (nSPS) is 14.1. The van der Waals surface area contributed by atoms with Gasteiger partial charge >= 0.3 is 18.1 Å². The third-order valence-corrected chi connectivity index (χ3v) is 10.7. The number of hydrogen-bond donors (Lipinski definition) is 9. The van der Waals surface area contributed by atoms with Gasteiger partial charge in [-0.1, -0.05) is 43.2 Å². The number of anilines is 2. The van der Waals surface area contributed by atoms with Gasteiger partial charge in [0.25, 0.3) is 11.8 Å². The molecule has 0 aliphatic carbocycles. The summed E-state index contributed by atoms with van der Waals surface area (Å²) in [5.41, 5.74) is 6.80. The zero-order valence-electron chi connectivity index (χ0n) is 34.7. The van der Waals surface area contributed by atoms with E-state index >= 15 is 0 Å². The van der Waals surface area contributed by atoms with Gasteiger partial charge in [-0.05, 0) is 66.9 Å². The Labute approximate surface area is 370 Å². The second-order valence-electron chi connectivity index (χ2n) is 14.6. The lowest BCUT2D eigenvalue weighted by molar-refractivity contribution is -0.192. The summed E-state index contributed by atoms with van der Waals surface area (Å²) in [7, 11) is -2.31. The lowest BCUT2D eigenvalue weighted by atomic mass is 10.1. The van der Waals surface area contributed by atoms with Crippen molar-refractivity contribution in [1.82, 2.24) is 30.1 Å². The molecule has 1 aliphatic heterocycles. The summed E-state index contributed by atoms with van der Waals surface area (Å²) in [4.78, 5) is 75.3. The number of carboxylic acid groups (broad SMARTS) is 2.